The Labute approximate surface area is 119 Å². The molecule has 0 saturated heterocycles. The van der Waals surface area contributed by atoms with Gasteiger partial charge in [-0.15, -0.1) is 0 Å². The summed E-state index contributed by atoms with van der Waals surface area (Å²) < 4.78 is 15.9. The average molecular weight is 288 g/mol. The molecule has 0 radical (unpaired) electrons. The molecule has 0 heterocycles. The first kappa shape index (κ1) is 16.2. The van der Waals surface area contributed by atoms with Crippen molar-refractivity contribution >= 4 is 11.6 Å². The van der Waals surface area contributed by atoms with Crippen molar-refractivity contribution in [3.05, 3.63) is 28.8 Å². The number of nitrogens with two attached hydrogens (primary N) is 1. The molecule has 5 heteroatoms. The van der Waals surface area contributed by atoms with E-state index in [1.54, 1.807) is 7.11 Å². The van der Waals surface area contributed by atoms with Crippen LogP contribution in [0.25, 0.3) is 0 Å². The lowest BCUT2D eigenvalue weighted by atomic mass is 10.1. The third-order valence-corrected chi connectivity index (χ3v) is 2.87. The van der Waals surface area contributed by atoms with E-state index < -0.39 is 0 Å². The first-order chi connectivity index (χ1) is 9.15. The quantitative estimate of drug-likeness (QED) is 0.708. The monoisotopic (exact) mass is 287 g/mol. The van der Waals surface area contributed by atoms with Crippen LogP contribution in [0.1, 0.15) is 12.5 Å². The normalized spacial score (nSPS) is 12.4. The number of ether oxygens (including phenoxy) is 3. The van der Waals surface area contributed by atoms with Crippen LogP contribution in [0.3, 0.4) is 0 Å². The zero-order valence-electron chi connectivity index (χ0n) is 11.5. The number of benzene rings is 1. The van der Waals surface area contributed by atoms with Gasteiger partial charge in [-0.3, -0.25) is 0 Å². The fourth-order valence-electron chi connectivity index (χ4n) is 1.65. The van der Waals surface area contributed by atoms with E-state index in [4.69, 9.17) is 31.5 Å². The third-order valence-electron chi connectivity index (χ3n) is 2.52. The van der Waals surface area contributed by atoms with Gasteiger partial charge in [-0.25, -0.2) is 0 Å². The molecule has 1 unspecified atom stereocenters. The van der Waals surface area contributed by atoms with E-state index in [1.807, 2.05) is 25.1 Å². The molecule has 0 aromatic heterocycles. The van der Waals surface area contributed by atoms with E-state index in [0.717, 1.165) is 11.3 Å². The summed E-state index contributed by atoms with van der Waals surface area (Å²) in [5.74, 6) is 0.778. The zero-order chi connectivity index (χ0) is 14.1. The minimum atomic E-state index is 0.0419. The van der Waals surface area contributed by atoms with Gasteiger partial charge in [0.1, 0.15) is 12.4 Å². The average Bonchev–Trinajstić information content (AvgIpc) is 2.37. The Kier molecular flexibility index (Phi) is 7.82. The lowest BCUT2D eigenvalue weighted by Gasteiger charge is -2.14. The van der Waals surface area contributed by atoms with Crippen molar-refractivity contribution in [3.63, 3.8) is 0 Å². The first-order valence-corrected chi connectivity index (χ1v) is 6.75. The van der Waals surface area contributed by atoms with Gasteiger partial charge in [0.2, 0.25) is 0 Å². The second kappa shape index (κ2) is 9.15. The molecule has 1 atom stereocenters. The van der Waals surface area contributed by atoms with Crippen molar-refractivity contribution in [2.45, 2.75) is 19.4 Å². The van der Waals surface area contributed by atoms with E-state index in [-0.39, 0.29) is 6.04 Å². The second-order valence-corrected chi connectivity index (χ2v) is 4.76. The van der Waals surface area contributed by atoms with E-state index in [0.29, 0.717) is 37.9 Å². The van der Waals surface area contributed by atoms with Gasteiger partial charge in [0.15, 0.2) is 0 Å². The number of rotatable bonds is 9. The summed E-state index contributed by atoms with van der Waals surface area (Å²) in [7, 11) is 1.64. The molecule has 0 bridgehead atoms. The highest BCUT2D eigenvalue weighted by Crippen LogP contribution is 2.27. The van der Waals surface area contributed by atoms with Crippen molar-refractivity contribution in [3.8, 4) is 5.75 Å². The molecule has 2 N–H and O–H groups in total. The minimum Gasteiger partial charge on any atom is -0.491 e. The standard InChI is InChI=1S/C14H22ClNO3/c1-11(16)10-12-13(15)4-3-5-14(12)19-9-8-18-7-6-17-2/h3-5,11H,6-10,16H2,1-2H3. The SMILES string of the molecule is COCCOCCOc1cccc(Cl)c1CC(C)N. The second-order valence-electron chi connectivity index (χ2n) is 4.35. The Bertz CT molecular complexity index is 372. The van der Waals surface area contributed by atoms with Crippen LogP contribution in [0.2, 0.25) is 5.02 Å². The molecule has 0 aliphatic heterocycles. The van der Waals surface area contributed by atoms with Gasteiger partial charge in [0.05, 0.1) is 19.8 Å². The Morgan fingerprint density at radius 1 is 1.21 bits per heavy atom. The summed E-state index contributed by atoms with van der Waals surface area (Å²) in [6.45, 7) is 4.11. The van der Waals surface area contributed by atoms with Gasteiger partial charge < -0.3 is 19.9 Å². The molecule has 0 aliphatic rings. The van der Waals surface area contributed by atoms with Crippen LogP contribution in [0, 0.1) is 0 Å². The molecular weight excluding hydrogens is 266 g/mol. The van der Waals surface area contributed by atoms with Crippen LogP contribution in [0.15, 0.2) is 18.2 Å². The molecule has 1 aromatic carbocycles. The number of halogens is 1. The molecule has 19 heavy (non-hydrogen) atoms. The van der Waals surface area contributed by atoms with Gasteiger partial charge in [-0.05, 0) is 25.5 Å². The van der Waals surface area contributed by atoms with Crippen LogP contribution >= 0.6 is 11.6 Å². The van der Waals surface area contributed by atoms with Crippen LogP contribution < -0.4 is 10.5 Å². The molecule has 0 amide bonds. The maximum Gasteiger partial charge on any atom is 0.124 e. The molecule has 0 fully saturated rings. The van der Waals surface area contributed by atoms with Crippen LogP contribution in [0.4, 0.5) is 0 Å². The Hall–Kier alpha value is -0.810. The molecule has 108 valence electrons. The van der Waals surface area contributed by atoms with Crippen molar-refractivity contribution in [1.82, 2.24) is 0 Å². The lowest BCUT2D eigenvalue weighted by Crippen LogP contribution is -2.19. The van der Waals surface area contributed by atoms with E-state index >= 15 is 0 Å². The number of methoxy groups -OCH3 is 1. The van der Waals surface area contributed by atoms with Gasteiger partial charge in [-0.2, -0.15) is 0 Å². The molecule has 0 spiro atoms. The predicted octanol–water partition coefficient (Wildman–Crippen LogP) is 2.27. The summed E-state index contributed by atoms with van der Waals surface area (Å²) in [6, 6.07) is 5.66. The summed E-state index contributed by atoms with van der Waals surface area (Å²) >= 11 is 6.17. The minimum absolute atomic E-state index is 0.0419. The van der Waals surface area contributed by atoms with E-state index in [1.165, 1.54) is 0 Å². The zero-order valence-corrected chi connectivity index (χ0v) is 12.3. The fourth-order valence-corrected chi connectivity index (χ4v) is 1.89. The maximum absolute atomic E-state index is 6.17. The first-order valence-electron chi connectivity index (χ1n) is 6.37. The Morgan fingerprint density at radius 2 is 1.95 bits per heavy atom. The summed E-state index contributed by atoms with van der Waals surface area (Å²) in [6.07, 6.45) is 0.694. The van der Waals surface area contributed by atoms with Crippen LogP contribution in [0.5, 0.6) is 5.75 Å². The molecule has 1 aromatic rings. The number of hydrogen-bond donors (Lipinski definition) is 1. The lowest BCUT2D eigenvalue weighted by molar-refractivity contribution is 0.0542. The smallest absolute Gasteiger partial charge is 0.124 e. The van der Waals surface area contributed by atoms with Gasteiger partial charge >= 0.3 is 0 Å². The maximum atomic E-state index is 6.17. The Balaban J connectivity index is 2.46. The molecule has 0 saturated carbocycles. The summed E-state index contributed by atoms with van der Waals surface area (Å²) in [5, 5.41) is 0.690. The topological polar surface area (TPSA) is 53.7 Å². The van der Waals surface area contributed by atoms with Crippen molar-refractivity contribution in [2.75, 3.05) is 33.5 Å². The highest BCUT2D eigenvalue weighted by molar-refractivity contribution is 6.31. The third kappa shape index (κ3) is 6.25. The van der Waals surface area contributed by atoms with Crippen LogP contribution in [-0.4, -0.2) is 39.6 Å². The van der Waals surface area contributed by atoms with Gasteiger partial charge in [-0.1, -0.05) is 17.7 Å². The summed E-state index contributed by atoms with van der Waals surface area (Å²) in [5.41, 5.74) is 6.77. The van der Waals surface area contributed by atoms with Crippen molar-refractivity contribution in [2.24, 2.45) is 5.73 Å². The highest BCUT2D eigenvalue weighted by atomic mass is 35.5. The fraction of sp³-hybridized carbons (Fsp3) is 0.571. The highest BCUT2D eigenvalue weighted by Gasteiger charge is 2.10. The van der Waals surface area contributed by atoms with Crippen molar-refractivity contribution < 1.29 is 14.2 Å². The molecule has 4 nitrogen and oxygen atoms in total. The van der Waals surface area contributed by atoms with E-state index in [2.05, 4.69) is 0 Å². The van der Waals surface area contributed by atoms with E-state index in [9.17, 15) is 0 Å². The number of hydrogen-bond acceptors (Lipinski definition) is 4. The summed E-state index contributed by atoms with van der Waals surface area (Å²) in [4.78, 5) is 0. The molecule has 0 aliphatic carbocycles. The molecule has 1 rings (SSSR count). The Morgan fingerprint density at radius 3 is 2.63 bits per heavy atom. The van der Waals surface area contributed by atoms with Crippen LogP contribution in [-0.2, 0) is 15.9 Å². The van der Waals surface area contributed by atoms with Crippen molar-refractivity contribution in [1.29, 1.82) is 0 Å². The molecular formula is C14H22ClNO3. The largest absolute Gasteiger partial charge is 0.491 e. The van der Waals surface area contributed by atoms with Gasteiger partial charge in [0, 0.05) is 23.7 Å². The van der Waals surface area contributed by atoms with Gasteiger partial charge in [0.25, 0.3) is 0 Å². The predicted molar refractivity (Wildman–Crippen MR) is 77.0 cm³/mol.